The van der Waals surface area contributed by atoms with Gasteiger partial charge in [0, 0.05) is 5.56 Å². The maximum atomic E-state index is 13.4. The van der Waals surface area contributed by atoms with Crippen LogP contribution in [0.15, 0.2) is 82.8 Å². The zero-order valence-corrected chi connectivity index (χ0v) is 20.4. The number of fused-ring (bicyclic) bond motifs is 1. The summed E-state index contributed by atoms with van der Waals surface area (Å²) in [5.74, 6) is 0.707. The van der Waals surface area contributed by atoms with Crippen molar-refractivity contribution in [3.05, 3.63) is 83.9 Å². The van der Waals surface area contributed by atoms with Crippen LogP contribution in [0.2, 0.25) is 0 Å². The zero-order valence-electron chi connectivity index (χ0n) is 19.6. The molecule has 182 valence electrons. The van der Waals surface area contributed by atoms with Gasteiger partial charge in [-0.1, -0.05) is 37.3 Å². The first-order valence-electron chi connectivity index (χ1n) is 11.3. The molecule has 3 aromatic rings. The Labute approximate surface area is 205 Å². The summed E-state index contributed by atoms with van der Waals surface area (Å²) in [4.78, 5) is 12.9. The van der Waals surface area contributed by atoms with Crippen LogP contribution < -0.4 is 19.2 Å². The highest BCUT2D eigenvalue weighted by Gasteiger charge is 2.27. The number of hydrogen-bond acceptors (Lipinski definition) is 6. The van der Waals surface area contributed by atoms with Crippen molar-refractivity contribution in [3.8, 4) is 11.5 Å². The highest BCUT2D eigenvalue weighted by Crippen LogP contribution is 2.31. The van der Waals surface area contributed by atoms with E-state index >= 15 is 0 Å². The lowest BCUT2D eigenvalue weighted by Gasteiger charge is -2.24. The van der Waals surface area contributed by atoms with E-state index in [1.54, 1.807) is 49.4 Å². The lowest BCUT2D eigenvalue weighted by atomic mass is 10.1. The number of carbonyl (C=O) groups is 1. The van der Waals surface area contributed by atoms with E-state index < -0.39 is 22.5 Å². The van der Waals surface area contributed by atoms with Gasteiger partial charge in [0.25, 0.3) is 15.9 Å². The van der Waals surface area contributed by atoms with Crippen molar-refractivity contribution < 1.29 is 22.7 Å². The number of hydrogen-bond donors (Lipinski definition) is 1. The number of amides is 1. The number of aryl methyl sites for hydroxylation is 1. The molecule has 1 N–H and O–H groups in total. The first kappa shape index (κ1) is 24.3. The Morgan fingerprint density at radius 1 is 0.971 bits per heavy atom. The fourth-order valence-electron chi connectivity index (χ4n) is 3.58. The van der Waals surface area contributed by atoms with Crippen molar-refractivity contribution in [3.63, 3.8) is 0 Å². The van der Waals surface area contributed by atoms with Crippen LogP contribution in [0, 0.1) is 0 Å². The number of sulfonamides is 1. The van der Waals surface area contributed by atoms with Crippen molar-refractivity contribution in [1.29, 1.82) is 0 Å². The zero-order chi connectivity index (χ0) is 24.8. The third-order valence-corrected chi connectivity index (χ3v) is 7.35. The molecule has 0 spiro atoms. The van der Waals surface area contributed by atoms with Gasteiger partial charge in [-0.25, -0.2) is 13.8 Å². The number of carbonyl (C=O) groups excluding carboxylic acids is 1. The quantitative estimate of drug-likeness (QED) is 0.381. The topological polar surface area (TPSA) is 97.3 Å². The van der Waals surface area contributed by atoms with Gasteiger partial charge in [-0.15, -0.1) is 0 Å². The lowest BCUT2D eigenvalue weighted by molar-refractivity contribution is -0.119. The minimum absolute atomic E-state index is 0.100. The van der Waals surface area contributed by atoms with Crippen LogP contribution >= 0.6 is 0 Å². The van der Waals surface area contributed by atoms with Crippen molar-refractivity contribution >= 4 is 27.3 Å². The maximum absolute atomic E-state index is 13.4. The Bertz CT molecular complexity index is 1320. The largest absolute Gasteiger partial charge is 0.486 e. The van der Waals surface area contributed by atoms with Crippen molar-refractivity contribution in [2.45, 2.75) is 25.2 Å². The Morgan fingerprint density at radius 3 is 2.34 bits per heavy atom. The van der Waals surface area contributed by atoms with Gasteiger partial charge in [-0.05, 0) is 61.4 Å². The highest BCUT2D eigenvalue weighted by molar-refractivity contribution is 7.92. The molecule has 0 radical (unpaired) electrons. The van der Waals surface area contributed by atoms with Crippen LogP contribution in [-0.4, -0.2) is 39.8 Å². The van der Waals surface area contributed by atoms with Crippen molar-refractivity contribution in [2.75, 3.05) is 24.1 Å². The fourth-order valence-corrected chi connectivity index (χ4v) is 5.02. The second-order valence-corrected chi connectivity index (χ2v) is 9.80. The van der Waals surface area contributed by atoms with E-state index in [4.69, 9.17) is 9.47 Å². The summed E-state index contributed by atoms with van der Waals surface area (Å²) in [6.45, 7) is 4.30. The minimum atomic E-state index is -3.98. The smallest absolute Gasteiger partial charge is 0.264 e. The normalized spacial score (nSPS) is 13.3. The van der Waals surface area contributed by atoms with Gasteiger partial charge < -0.3 is 9.47 Å². The monoisotopic (exact) mass is 493 g/mol. The van der Waals surface area contributed by atoms with Crippen molar-refractivity contribution in [2.24, 2.45) is 5.10 Å². The van der Waals surface area contributed by atoms with E-state index in [0.717, 1.165) is 21.9 Å². The summed E-state index contributed by atoms with van der Waals surface area (Å²) in [6.07, 6.45) is 0.819. The van der Waals surface area contributed by atoms with Gasteiger partial charge in [0.1, 0.15) is 19.8 Å². The van der Waals surface area contributed by atoms with Crippen LogP contribution in [-0.2, 0) is 21.2 Å². The number of hydrazone groups is 1. The van der Waals surface area contributed by atoms with Crippen LogP contribution in [0.4, 0.5) is 5.69 Å². The molecule has 0 saturated carbocycles. The minimum Gasteiger partial charge on any atom is -0.486 e. The SMILES string of the molecule is CCc1ccc(N(CC(=O)N/N=C(/C)c2ccc3c(c2)OCCO3)S(=O)(=O)c2ccccc2)cc1. The van der Waals surface area contributed by atoms with Crippen LogP contribution in [0.5, 0.6) is 11.5 Å². The van der Waals surface area contributed by atoms with E-state index in [-0.39, 0.29) is 4.90 Å². The molecule has 0 atom stereocenters. The average molecular weight is 494 g/mol. The van der Waals surface area contributed by atoms with E-state index in [0.29, 0.717) is 36.1 Å². The predicted molar refractivity (Wildman–Crippen MR) is 135 cm³/mol. The van der Waals surface area contributed by atoms with E-state index in [1.807, 2.05) is 25.1 Å². The molecule has 8 nitrogen and oxygen atoms in total. The van der Waals surface area contributed by atoms with Crippen LogP contribution in [0.3, 0.4) is 0 Å². The molecule has 0 aliphatic carbocycles. The number of ether oxygens (including phenoxy) is 2. The second-order valence-electron chi connectivity index (χ2n) is 7.94. The standard InChI is InChI=1S/C26H27N3O5S/c1-3-20-9-12-22(13-10-20)29(35(31,32)23-7-5-4-6-8-23)18-26(30)28-27-19(2)21-11-14-24-25(17-21)34-16-15-33-24/h4-14,17H,3,15-16,18H2,1-2H3,(H,28,30)/b27-19-. The Kier molecular flexibility index (Phi) is 7.36. The molecule has 9 heteroatoms. The predicted octanol–water partition coefficient (Wildman–Crippen LogP) is 3.76. The Balaban J connectivity index is 1.55. The van der Waals surface area contributed by atoms with Gasteiger partial charge in [0.2, 0.25) is 0 Å². The van der Waals surface area contributed by atoms with Crippen molar-refractivity contribution in [1.82, 2.24) is 5.43 Å². The van der Waals surface area contributed by atoms with E-state index in [1.165, 1.54) is 12.1 Å². The second kappa shape index (κ2) is 10.6. The molecule has 0 bridgehead atoms. The number of benzene rings is 3. The first-order chi connectivity index (χ1) is 16.9. The van der Waals surface area contributed by atoms with Crippen LogP contribution in [0.1, 0.15) is 25.0 Å². The number of nitrogens with one attached hydrogen (secondary N) is 1. The third kappa shape index (κ3) is 5.63. The molecule has 35 heavy (non-hydrogen) atoms. The summed E-state index contributed by atoms with van der Waals surface area (Å²) in [5.41, 5.74) is 5.23. The van der Waals surface area contributed by atoms with Gasteiger partial charge in [-0.3, -0.25) is 9.10 Å². The number of nitrogens with zero attached hydrogens (tertiary/aromatic N) is 2. The Morgan fingerprint density at radius 2 is 1.66 bits per heavy atom. The molecule has 0 unspecified atom stereocenters. The summed E-state index contributed by atoms with van der Waals surface area (Å²) < 4.78 is 39.0. The highest BCUT2D eigenvalue weighted by atomic mass is 32.2. The third-order valence-electron chi connectivity index (χ3n) is 5.56. The molecule has 0 saturated heterocycles. The van der Waals surface area contributed by atoms with Gasteiger partial charge >= 0.3 is 0 Å². The fraction of sp³-hybridized carbons (Fsp3) is 0.231. The van der Waals surface area contributed by atoms with E-state index in [2.05, 4.69) is 10.5 Å². The van der Waals surface area contributed by atoms with E-state index in [9.17, 15) is 13.2 Å². The number of anilines is 1. The first-order valence-corrected chi connectivity index (χ1v) is 12.7. The molecule has 1 heterocycles. The maximum Gasteiger partial charge on any atom is 0.264 e. The van der Waals surface area contributed by atoms with Gasteiger partial charge in [0.15, 0.2) is 11.5 Å². The molecule has 1 aliphatic heterocycles. The summed E-state index contributed by atoms with van der Waals surface area (Å²) in [6, 6.07) is 20.6. The molecule has 3 aromatic carbocycles. The van der Waals surface area contributed by atoms with Gasteiger partial charge in [0.05, 0.1) is 16.3 Å². The molecular formula is C26H27N3O5S. The molecular weight excluding hydrogens is 466 g/mol. The molecule has 0 fully saturated rings. The van der Waals surface area contributed by atoms with Crippen LogP contribution in [0.25, 0.3) is 0 Å². The van der Waals surface area contributed by atoms with Gasteiger partial charge in [-0.2, -0.15) is 5.10 Å². The average Bonchev–Trinajstić information content (AvgIpc) is 2.90. The summed E-state index contributed by atoms with van der Waals surface area (Å²) >= 11 is 0. The summed E-state index contributed by atoms with van der Waals surface area (Å²) in [5, 5.41) is 4.17. The lowest BCUT2D eigenvalue weighted by Crippen LogP contribution is -2.39. The molecule has 1 amide bonds. The Hall–Kier alpha value is -3.85. The molecule has 1 aliphatic rings. The number of rotatable bonds is 8. The molecule has 4 rings (SSSR count). The molecule has 0 aromatic heterocycles. The summed E-state index contributed by atoms with van der Waals surface area (Å²) in [7, 11) is -3.98.